The fourth-order valence-electron chi connectivity index (χ4n) is 1.27. The van der Waals surface area contributed by atoms with E-state index in [4.69, 9.17) is 17.3 Å². The Bertz CT molecular complexity index is 394. The third kappa shape index (κ3) is 3.62. The molecule has 4 nitrogen and oxygen atoms in total. The molecule has 0 aromatic carbocycles. The number of aromatic nitrogens is 2. The van der Waals surface area contributed by atoms with Gasteiger partial charge in [-0.25, -0.2) is 9.97 Å². The maximum atomic E-state index is 12.4. The van der Waals surface area contributed by atoms with E-state index in [9.17, 15) is 13.2 Å². The average Bonchev–Trinajstić information content (AvgIpc) is 2.17. The lowest BCUT2D eigenvalue weighted by molar-refractivity contribution is -0.120. The first-order valence-electron chi connectivity index (χ1n) is 4.81. The van der Waals surface area contributed by atoms with Gasteiger partial charge < -0.3 is 10.6 Å². The molecular formula is C9H12ClF3N4. The molecule has 1 rings (SSSR count). The first kappa shape index (κ1) is 13.8. The van der Waals surface area contributed by atoms with Gasteiger partial charge >= 0.3 is 6.18 Å². The molecule has 17 heavy (non-hydrogen) atoms. The minimum absolute atomic E-state index is 0.00788. The molecule has 0 spiro atoms. The predicted octanol–water partition coefficient (Wildman–Crippen LogP) is 2.49. The Labute approximate surface area is 102 Å². The molecule has 0 unspecified atom stereocenters. The van der Waals surface area contributed by atoms with Crippen LogP contribution in [0.1, 0.15) is 13.8 Å². The van der Waals surface area contributed by atoms with E-state index in [1.807, 2.05) is 0 Å². The van der Waals surface area contributed by atoms with Crippen LogP contribution in [0, 0.1) is 0 Å². The van der Waals surface area contributed by atoms with Crippen molar-refractivity contribution < 1.29 is 13.2 Å². The number of nitrogens with two attached hydrogens (primary N) is 1. The van der Waals surface area contributed by atoms with Crippen molar-refractivity contribution >= 4 is 23.2 Å². The highest BCUT2D eigenvalue weighted by molar-refractivity contribution is 6.35. The van der Waals surface area contributed by atoms with Gasteiger partial charge in [-0.1, -0.05) is 11.6 Å². The quantitative estimate of drug-likeness (QED) is 0.915. The van der Waals surface area contributed by atoms with Gasteiger partial charge in [0.25, 0.3) is 0 Å². The van der Waals surface area contributed by atoms with Gasteiger partial charge in [-0.05, 0) is 13.8 Å². The van der Waals surface area contributed by atoms with E-state index in [-0.39, 0.29) is 16.7 Å². The number of hydrogen-bond donors (Lipinski definition) is 1. The molecule has 1 aromatic heterocycles. The second-order valence-corrected chi connectivity index (χ2v) is 4.11. The van der Waals surface area contributed by atoms with Gasteiger partial charge in [0.1, 0.15) is 23.7 Å². The van der Waals surface area contributed by atoms with E-state index < -0.39 is 18.8 Å². The smallest absolute Gasteiger partial charge is 0.382 e. The second-order valence-electron chi connectivity index (χ2n) is 3.73. The van der Waals surface area contributed by atoms with Gasteiger partial charge in [-0.2, -0.15) is 13.2 Å². The first-order valence-corrected chi connectivity index (χ1v) is 5.19. The SMILES string of the molecule is CC(C)N(CC(F)(F)F)c1ncnc(N)c1Cl. The van der Waals surface area contributed by atoms with Crippen molar-refractivity contribution in [3.05, 3.63) is 11.3 Å². The lowest BCUT2D eigenvalue weighted by Gasteiger charge is -2.29. The molecule has 0 atom stereocenters. The minimum Gasteiger partial charge on any atom is -0.382 e. The summed E-state index contributed by atoms with van der Waals surface area (Å²) in [5.74, 6) is -0.0454. The van der Waals surface area contributed by atoms with Crippen LogP contribution in [-0.4, -0.2) is 28.7 Å². The number of rotatable bonds is 3. The summed E-state index contributed by atoms with van der Waals surface area (Å²) in [6, 6.07) is -0.413. The van der Waals surface area contributed by atoms with Crippen LogP contribution in [0.15, 0.2) is 6.33 Å². The molecule has 8 heteroatoms. The highest BCUT2D eigenvalue weighted by Crippen LogP contribution is 2.30. The van der Waals surface area contributed by atoms with Crippen molar-refractivity contribution in [2.75, 3.05) is 17.2 Å². The maximum absolute atomic E-state index is 12.4. The summed E-state index contributed by atoms with van der Waals surface area (Å²) < 4.78 is 37.3. The van der Waals surface area contributed by atoms with Gasteiger partial charge in [0.05, 0.1) is 0 Å². The van der Waals surface area contributed by atoms with Crippen molar-refractivity contribution in [1.82, 2.24) is 9.97 Å². The fourth-order valence-corrected chi connectivity index (χ4v) is 1.48. The van der Waals surface area contributed by atoms with E-state index in [0.29, 0.717) is 0 Å². The van der Waals surface area contributed by atoms with Crippen LogP contribution in [0.25, 0.3) is 0 Å². The zero-order valence-electron chi connectivity index (χ0n) is 9.29. The average molecular weight is 269 g/mol. The zero-order valence-corrected chi connectivity index (χ0v) is 10.0. The van der Waals surface area contributed by atoms with Crippen LogP contribution in [0.3, 0.4) is 0 Å². The predicted molar refractivity (Wildman–Crippen MR) is 60.0 cm³/mol. The summed E-state index contributed by atoms with van der Waals surface area (Å²) in [5.41, 5.74) is 5.43. The van der Waals surface area contributed by atoms with Crippen LogP contribution >= 0.6 is 11.6 Å². The third-order valence-corrected chi connectivity index (χ3v) is 2.41. The van der Waals surface area contributed by atoms with Crippen LogP contribution < -0.4 is 10.6 Å². The van der Waals surface area contributed by atoms with Crippen molar-refractivity contribution in [2.45, 2.75) is 26.1 Å². The first-order chi connectivity index (χ1) is 7.72. The van der Waals surface area contributed by atoms with Crippen molar-refractivity contribution in [1.29, 1.82) is 0 Å². The Morgan fingerprint density at radius 2 is 2.00 bits per heavy atom. The monoisotopic (exact) mass is 268 g/mol. The van der Waals surface area contributed by atoms with Gasteiger partial charge in [0, 0.05) is 6.04 Å². The van der Waals surface area contributed by atoms with Crippen LogP contribution in [-0.2, 0) is 0 Å². The Hall–Kier alpha value is -1.24. The normalized spacial score (nSPS) is 11.9. The largest absolute Gasteiger partial charge is 0.405 e. The molecule has 0 aliphatic rings. The molecule has 1 heterocycles. The number of hydrogen-bond acceptors (Lipinski definition) is 4. The Morgan fingerprint density at radius 3 is 2.47 bits per heavy atom. The summed E-state index contributed by atoms with van der Waals surface area (Å²) in [5, 5.41) is -0.0644. The third-order valence-electron chi connectivity index (χ3n) is 2.04. The summed E-state index contributed by atoms with van der Waals surface area (Å²) in [7, 11) is 0. The Kier molecular flexibility index (Phi) is 4.03. The zero-order chi connectivity index (χ0) is 13.2. The topological polar surface area (TPSA) is 55.0 Å². The van der Waals surface area contributed by atoms with Gasteiger partial charge in [0.2, 0.25) is 0 Å². The van der Waals surface area contributed by atoms with Crippen molar-refractivity contribution in [3.63, 3.8) is 0 Å². The molecule has 0 saturated carbocycles. The van der Waals surface area contributed by atoms with Gasteiger partial charge in [-0.3, -0.25) is 0 Å². The lowest BCUT2D eigenvalue weighted by atomic mass is 10.3. The molecule has 0 aliphatic carbocycles. The number of anilines is 2. The standard InChI is InChI=1S/C9H12ClF3N4/c1-5(2)17(3-9(11,12)13)8-6(10)7(14)15-4-16-8/h4-5H,3H2,1-2H3,(H2,14,15,16). The molecule has 0 radical (unpaired) electrons. The number of halogens is 4. The van der Waals surface area contributed by atoms with E-state index in [1.165, 1.54) is 0 Å². The highest BCUT2D eigenvalue weighted by Gasteiger charge is 2.33. The summed E-state index contributed by atoms with van der Waals surface area (Å²) in [6.45, 7) is 2.08. The van der Waals surface area contributed by atoms with E-state index in [2.05, 4.69) is 9.97 Å². The minimum atomic E-state index is -4.34. The molecule has 2 N–H and O–H groups in total. The molecule has 0 fully saturated rings. The molecule has 0 bridgehead atoms. The van der Waals surface area contributed by atoms with E-state index >= 15 is 0 Å². The molecule has 1 aromatic rings. The molecule has 0 aliphatic heterocycles. The Balaban J connectivity index is 3.10. The summed E-state index contributed by atoms with van der Waals surface area (Å²) >= 11 is 5.80. The Morgan fingerprint density at radius 1 is 1.41 bits per heavy atom. The highest BCUT2D eigenvalue weighted by atomic mass is 35.5. The molecular weight excluding hydrogens is 257 g/mol. The van der Waals surface area contributed by atoms with Crippen LogP contribution in [0.5, 0.6) is 0 Å². The maximum Gasteiger partial charge on any atom is 0.405 e. The number of alkyl halides is 3. The van der Waals surface area contributed by atoms with Crippen molar-refractivity contribution in [2.24, 2.45) is 0 Å². The van der Waals surface area contributed by atoms with Gasteiger partial charge in [0.15, 0.2) is 5.82 Å². The summed E-state index contributed by atoms with van der Waals surface area (Å²) in [4.78, 5) is 8.38. The van der Waals surface area contributed by atoms with Crippen LogP contribution in [0.4, 0.5) is 24.8 Å². The molecule has 0 amide bonds. The molecule has 0 saturated heterocycles. The summed E-state index contributed by atoms with van der Waals surface area (Å²) in [6.07, 6.45) is -3.25. The van der Waals surface area contributed by atoms with E-state index in [1.54, 1.807) is 13.8 Å². The lowest BCUT2D eigenvalue weighted by Crippen LogP contribution is -2.40. The van der Waals surface area contributed by atoms with E-state index in [0.717, 1.165) is 11.2 Å². The number of nitrogens with zero attached hydrogens (tertiary/aromatic N) is 3. The van der Waals surface area contributed by atoms with Crippen molar-refractivity contribution in [3.8, 4) is 0 Å². The second kappa shape index (κ2) is 4.95. The van der Waals surface area contributed by atoms with Gasteiger partial charge in [-0.15, -0.1) is 0 Å². The molecule has 96 valence electrons. The van der Waals surface area contributed by atoms with Crippen LogP contribution in [0.2, 0.25) is 5.02 Å². The fraction of sp³-hybridized carbons (Fsp3) is 0.556. The number of nitrogen functional groups attached to an aromatic ring is 1.